The maximum absolute atomic E-state index is 5.15. The summed E-state index contributed by atoms with van der Waals surface area (Å²) in [6, 6.07) is 13.9. The van der Waals surface area contributed by atoms with Gasteiger partial charge in [0, 0.05) is 30.8 Å². The van der Waals surface area contributed by atoms with Crippen LogP contribution in [0.2, 0.25) is 0 Å². The van der Waals surface area contributed by atoms with E-state index in [2.05, 4.69) is 22.3 Å². The standard InChI is InChI=1S/C20H23N5O/c1-14-7-6-10-25(13-14)19-12-17(21-18-11-15(2)26-24-18)22-20(23-19)16-8-4-3-5-9-16/h3-5,8-9,11-12,14H,6-7,10,13H2,1-2H3,(H,21,22,23,24). The Hall–Kier alpha value is -2.89. The molecular formula is C20H23N5O. The lowest BCUT2D eigenvalue weighted by atomic mass is 10.0. The second-order valence-corrected chi connectivity index (χ2v) is 6.94. The lowest BCUT2D eigenvalue weighted by Crippen LogP contribution is -2.35. The van der Waals surface area contributed by atoms with E-state index in [9.17, 15) is 0 Å². The Morgan fingerprint density at radius 3 is 2.69 bits per heavy atom. The molecule has 1 fully saturated rings. The van der Waals surface area contributed by atoms with Gasteiger partial charge < -0.3 is 14.7 Å². The molecule has 0 amide bonds. The van der Waals surface area contributed by atoms with Crippen LogP contribution in [0.4, 0.5) is 17.5 Å². The van der Waals surface area contributed by atoms with Crippen LogP contribution < -0.4 is 10.2 Å². The molecule has 1 aromatic carbocycles. The van der Waals surface area contributed by atoms with Crippen LogP contribution >= 0.6 is 0 Å². The number of hydrogen-bond donors (Lipinski definition) is 1. The SMILES string of the molecule is Cc1cc(Nc2cc(N3CCCC(C)C3)nc(-c3ccccc3)n2)no1. The molecule has 1 unspecified atom stereocenters. The zero-order chi connectivity index (χ0) is 17.9. The highest BCUT2D eigenvalue weighted by atomic mass is 16.5. The fraction of sp³-hybridized carbons (Fsp3) is 0.350. The Kier molecular flexibility index (Phi) is 4.56. The third-order valence-electron chi connectivity index (χ3n) is 4.61. The van der Waals surface area contributed by atoms with Crippen LogP contribution in [0.3, 0.4) is 0 Å². The molecule has 6 heteroatoms. The van der Waals surface area contributed by atoms with Crippen LogP contribution in [0, 0.1) is 12.8 Å². The summed E-state index contributed by atoms with van der Waals surface area (Å²) in [6.07, 6.45) is 2.47. The van der Waals surface area contributed by atoms with Crippen molar-refractivity contribution in [3.05, 3.63) is 48.2 Å². The van der Waals surface area contributed by atoms with Gasteiger partial charge in [0.1, 0.15) is 17.4 Å². The number of nitrogens with one attached hydrogen (secondary N) is 1. The highest BCUT2D eigenvalue weighted by Gasteiger charge is 2.19. The van der Waals surface area contributed by atoms with Gasteiger partial charge in [0.25, 0.3) is 0 Å². The maximum atomic E-state index is 5.15. The number of nitrogens with zero attached hydrogens (tertiary/aromatic N) is 4. The highest BCUT2D eigenvalue weighted by molar-refractivity contribution is 5.64. The lowest BCUT2D eigenvalue weighted by molar-refractivity contribution is 0.400. The Morgan fingerprint density at radius 2 is 1.96 bits per heavy atom. The zero-order valence-corrected chi connectivity index (χ0v) is 15.1. The molecule has 2 aromatic heterocycles. The number of anilines is 3. The van der Waals surface area contributed by atoms with Crippen molar-refractivity contribution in [3.8, 4) is 11.4 Å². The van der Waals surface area contributed by atoms with E-state index in [0.29, 0.717) is 17.6 Å². The average Bonchev–Trinajstić information content (AvgIpc) is 3.07. The van der Waals surface area contributed by atoms with Crippen LogP contribution in [0.15, 0.2) is 47.0 Å². The Balaban J connectivity index is 1.71. The minimum Gasteiger partial charge on any atom is -0.360 e. The predicted octanol–water partition coefficient (Wildman–Crippen LogP) is 4.42. The number of piperidine rings is 1. The van der Waals surface area contributed by atoms with Gasteiger partial charge in [0.05, 0.1) is 0 Å². The van der Waals surface area contributed by atoms with Gasteiger partial charge in [0.15, 0.2) is 11.6 Å². The van der Waals surface area contributed by atoms with E-state index in [1.54, 1.807) is 0 Å². The van der Waals surface area contributed by atoms with Gasteiger partial charge in [0.2, 0.25) is 0 Å². The molecule has 134 valence electrons. The summed E-state index contributed by atoms with van der Waals surface area (Å²) in [5.74, 6) is 4.47. The maximum Gasteiger partial charge on any atom is 0.175 e. The van der Waals surface area contributed by atoms with E-state index in [4.69, 9.17) is 14.5 Å². The minimum atomic E-state index is 0.651. The molecule has 26 heavy (non-hydrogen) atoms. The number of benzene rings is 1. The van der Waals surface area contributed by atoms with Gasteiger partial charge >= 0.3 is 0 Å². The molecule has 6 nitrogen and oxygen atoms in total. The van der Waals surface area contributed by atoms with Crippen molar-refractivity contribution in [3.63, 3.8) is 0 Å². The molecule has 0 radical (unpaired) electrons. The second kappa shape index (κ2) is 7.15. The largest absolute Gasteiger partial charge is 0.360 e. The van der Waals surface area contributed by atoms with E-state index in [0.717, 1.165) is 36.0 Å². The van der Waals surface area contributed by atoms with Gasteiger partial charge in [-0.3, -0.25) is 0 Å². The Morgan fingerprint density at radius 1 is 1.12 bits per heavy atom. The van der Waals surface area contributed by atoms with Crippen molar-refractivity contribution in [2.75, 3.05) is 23.3 Å². The van der Waals surface area contributed by atoms with Gasteiger partial charge in [-0.05, 0) is 25.7 Å². The van der Waals surface area contributed by atoms with E-state index < -0.39 is 0 Å². The molecular weight excluding hydrogens is 326 g/mol. The van der Waals surface area contributed by atoms with Crippen molar-refractivity contribution in [1.82, 2.24) is 15.1 Å². The second-order valence-electron chi connectivity index (χ2n) is 6.94. The molecule has 3 aromatic rings. The molecule has 0 spiro atoms. The first kappa shape index (κ1) is 16.6. The van der Waals surface area contributed by atoms with Gasteiger partial charge in [-0.1, -0.05) is 42.4 Å². The summed E-state index contributed by atoms with van der Waals surface area (Å²) >= 11 is 0. The van der Waals surface area contributed by atoms with Crippen molar-refractivity contribution in [1.29, 1.82) is 0 Å². The van der Waals surface area contributed by atoms with Crippen LogP contribution in [0.25, 0.3) is 11.4 Å². The normalized spacial score (nSPS) is 17.3. The van der Waals surface area contributed by atoms with Gasteiger partial charge in [-0.25, -0.2) is 9.97 Å². The third kappa shape index (κ3) is 3.69. The fourth-order valence-corrected chi connectivity index (χ4v) is 3.33. The third-order valence-corrected chi connectivity index (χ3v) is 4.61. The predicted molar refractivity (Wildman–Crippen MR) is 103 cm³/mol. The first-order chi connectivity index (χ1) is 12.7. The van der Waals surface area contributed by atoms with Crippen molar-refractivity contribution < 1.29 is 4.52 Å². The average molecular weight is 349 g/mol. The van der Waals surface area contributed by atoms with Crippen LogP contribution in [-0.4, -0.2) is 28.2 Å². The van der Waals surface area contributed by atoms with Gasteiger partial charge in [-0.15, -0.1) is 0 Å². The summed E-state index contributed by atoms with van der Waals surface area (Å²) in [4.78, 5) is 11.9. The number of hydrogen-bond acceptors (Lipinski definition) is 6. The molecule has 0 saturated carbocycles. The smallest absolute Gasteiger partial charge is 0.175 e. The van der Waals surface area contributed by atoms with Crippen LogP contribution in [0.5, 0.6) is 0 Å². The van der Waals surface area contributed by atoms with E-state index in [-0.39, 0.29) is 0 Å². The van der Waals surface area contributed by atoms with E-state index >= 15 is 0 Å². The topological polar surface area (TPSA) is 67.1 Å². The summed E-state index contributed by atoms with van der Waals surface area (Å²) < 4.78 is 5.15. The highest BCUT2D eigenvalue weighted by Crippen LogP contribution is 2.27. The summed E-state index contributed by atoms with van der Waals surface area (Å²) in [5.41, 5.74) is 0.999. The first-order valence-corrected chi connectivity index (χ1v) is 9.07. The summed E-state index contributed by atoms with van der Waals surface area (Å²) in [6.45, 7) is 6.21. The summed E-state index contributed by atoms with van der Waals surface area (Å²) in [7, 11) is 0. The number of aromatic nitrogens is 3. The minimum absolute atomic E-state index is 0.651. The van der Waals surface area contributed by atoms with E-state index in [1.807, 2.05) is 49.4 Å². The zero-order valence-electron chi connectivity index (χ0n) is 15.1. The summed E-state index contributed by atoms with van der Waals surface area (Å²) in [5, 5.41) is 7.25. The number of aryl methyl sites for hydroxylation is 1. The van der Waals surface area contributed by atoms with Crippen molar-refractivity contribution in [2.45, 2.75) is 26.7 Å². The molecule has 3 heterocycles. The molecule has 0 bridgehead atoms. The number of rotatable bonds is 4. The molecule has 1 aliphatic heterocycles. The fourth-order valence-electron chi connectivity index (χ4n) is 3.33. The monoisotopic (exact) mass is 349 g/mol. The van der Waals surface area contributed by atoms with E-state index in [1.165, 1.54) is 12.8 Å². The molecule has 1 saturated heterocycles. The quantitative estimate of drug-likeness (QED) is 0.752. The van der Waals surface area contributed by atoms with Crippen LogP contribution in [-0.2, 0) is 0 Å². The van der Waals surface area contributed by atoms with Crippen molar-refractivity contribution in [2.24, 2.45) is 5.92 Å². The molecule has 1 atom stereocenters. The Bertz CT molecular complexity index is 877. The molecule has 1 N–H and O–H groups in total. The van der Waals surface area contributed by atoms with Crippen molar-refractivity contribution >= 4 is 17.5 Å². The van der Waals surface area contributed by atoms with Crippen LogP contribution in [0.1, 0.15) is 25.5 Å². The first-order valence-electron chi connectivity index (χ1n) is 9.07. The van der Waals surface area contributed by atoms with Gasteiger partial charge in [-0.2, -0.15) is 0 Å². The lowest BCUT2D eigenvalue weighted by Gasteiger charge is -2.32. The molecule has 4 rings (SSSR count). The Labute approximate surface area is 153 Å². The molecule has 1 aliphatic rings. The molecule has 0 aliphatic carbocycles.